The topological polar surface area (TPSA) is 63.1 Å². The predicted molar refractivity (Wildman–Crippen MR) is 143 cm³/mol. The van der Waals surface area contributed by atoms with Crippen LogP contribution in [0.1, 0.15) is 90.8 Å². The number of fused-ring (bicyclic) bond motifs is 2. The lowest BCUT2D eigenvalue weighted by Crippen LogP contribution is -2.29. The Balaban J connectivity index is 1.69. The third kappa shape index (κ3) is 4.25. The number of ketones is 1. The number of aliphatic hydroxyl groups excluding tert-OH is 1. The zero-order valence-electron chi connectivity index (χ0n) is 21.3. The number of halogens is 1. The zero-order valence-corrected chi connectivity index (χ0v) is 21.3. The molecule has 2 aromatic heterocycles. The van der Waals surface area contributed by atoms with Crippen molar-refractivity contribution < 1.29 is 14.3 Å². The van der Waals surface area contributed by atoms with Crippen molar-refractivity contribution in [2.24, 2.45) is 5.41 Å². The molecule has 0 aliphatic heterocycles. The summed E-state index contributed by atoms with van der Waals surface area (Å²) in [6, 6.07) is 15.7. The van der Waals surface area contributed by atoms with E-state index in [0.717, 1.165) is 54.4 Å². The average Bonchev–Trinajstić information content (AvgIpc) is 3.42. The minimum atomic E-state index is -0.763. The van der Waals surface area contributed by atoms with Gasteiger partial charge in [0.25, 0.3) is 0 Å². The van der Waals surface area contributed by atoms with E-state index >= 15 is 0 Å². The largest absolute Gasteiger partial charge is 0.388 e. The molecule has 1 unspecified atom stereocenters. The minimum Gasteiger partial charge on any atom is -0.388 e. The van der Waals surface area contributed by atoms with Crippen molar-refractivity contribution in [3.8, 4) is 11.1 Å². The number of aliphatic hydroxyl groups is 1. The lowest BCUT2D eigenvalue weighted by molar-refractivity contribution is 0.0979. The third-order valence-electron chi connectivity index (χ3n) is 8.05. The molecule has 2 aliphatic carbocycles. The van der Waals surface area contributed by atoms with E-state index < -0.39 is 6.10 Å². The number of carbonyl (C=O) groups excluding carboxylic acids is 1. The molecular formula is C32H31FN2O2. The first-order valence-corrected chi connectivity index (χ1v) is 13.2. The Morgan fingerprint density at radius 2 is 1.76 bits per heavy atom. The first-order valence-electron chi connectivity index (χ1n) is 13.2. The van der Waals surface area contributed by atoms with E-state index in [-0.39, 0.29) is 22.9 Å². The van der Waals surface area contributed by atoms with Gasteiger partial charge in [-0.15, -0.1) is 0 Å². The van der Waals surface area contributed by atoms with Crippen molar-refractivity contribution in [3.05, 3.63) is 94.7 Å². The molecule has 1 fully saturated rings. The first-order chi connectivity index (χ1) is 17.8. The van der Waals surface area contributed by atoms with Crippen molar-refractivity contribution in [2.75, 3.05) is 0 Å². The minimum absolute atomic E-state index is 0.114. The molecule has 0 radical (unpaired) electrons. The van der Waals surface area contributed by atoms with Gasteiger partial charge in [-0.25, -0.2) is 4.39 Å². The normalized spacial score (nSPS) is 19.2. The second-order valence-electron chi connectivity index (χ2n) is 11.4. The van der Waals surface area contributed by atoms with Crippen LogP contribution in [0.3, 0.4) is 0 Å². The van der Waals surface area contributed by atoms with E-state index in [0.29, 0.717) is 34.2 Å². The van der Waals surface area contributed by atoms with Crippen LogP contribution in [0.5, 0.6) is 0 Å². The van der Waals surface area contributed by atoms with E-state index in [9.17, 15) is 14.3 Å². The Hall–Kier alpha value is -3.44. The van der Waals surface area contributed by atoms with Crippen LogP contribution in [0, 0.1) is 11.2 Å². The van der Waals surface area contributed by atoms with Crippen molar-refractivity contribution in [1.29, 1.82) is 0 Å². The van der Waals surface area contributed by atoms with Crippen molar-refractivity contribution in [2.45, 2.75) is 64.4 Å². The van der Waals surface area contributed by atoms with Gasteiger partial charge in [0.1, 0.15) is 5.82 Å². The van der Waals surface area contributed by atoms with Crippen LogP contribution in [0.4, 0.5) is 4.39 Å². The molecule has 4 nitrogen and oxygen atoms in total. The van der Waals surface area contributed by atoms with Gasteiger partial charge < -0.3 is 5.11 Å². The standard InChI is InChI=1S/C32H31FN2O2/c1-32(2)17-24-27(25(36)18-32)26(19-12-14-22(33)15-13-19)28(30(35-24)21-7-3-4-8-21)31(37)23-11-5-9-20-10-6-16-34-29(20)23/h5-6,9-16,21,25,36H,3-4,7-8,17-18H2,1-2H3. The molecule has 6 rings (SSSR count). The number of hydrogen-bond acceptors (Lipinski definition) is 4. The summed E-state index contributed by atoms with van der Waals surface area (Å²) in [4.78, 5) is 24.3. The summed E-state index contributed by atoms with van der Waals surface area (Å²) in [7, 11) is 0. The van der Waals surface area contributed by atoms with Gasteiger partial charge in [-0.2, -0.15) is 0 Å². The van der Waals surface area contributed by atoms with Gasteiger partial charge in [0.15, 0.2) is 5.78 Å². The molecule has 1 N–H and O–H groups in total. The summed E-state index contributed by atoms with van der Waals surface area (Å²) in [5.41, 5.74) is 5.42. The molecule has 5 heteroatoms. The molecule has 0 amide bonds. The Kier molecular flexibility index (Phi) is 5.91. The number of rotatable bonds is 4. The van der Waals surface area contributed by atoms with Crippen LogP contribution in [0.2, 0.25) is 0 Å². The summed E-state index contributed by atoms with van der Waals surface area (Å²) in [5.74, 6) is -0.304. The van der Waals surface area contributed by atoms with Crippen molar-refractivity contribution in [3.63, 3.8) is 0 Å². The van der Waals surface area contributed by atoms with Gasteiger partial charge in [0.2, 0.25) is 0 Å². The van der Waals surface area contributed by atoms with Gasteiger partial charge in [-0.3, -0.25) is 14.8 Å². The van der Waals surface area contributed by atoms with Crippen LogP contribution in [-0.4, -0.2) is 20.9 Å². The van der Waals surface area contributed by atoms with Crippen LogP contribution >= 0.6 is 0 Å². The third-order valence-corrected chi connectivity index (χ3v) is 8.05. The lowest BCUT2D eigenvalue weighted by atomic mass is 9.71. The number of hydrogen-bond donors (Lipinski definition) is 1. The van der Waals surface area contributed by atoms with Gasteiger partial charge >= 0.3 is 0 Å². The first kappa shape index (κ1) is 23.9. The Bertz CT molecular complexity index is 1500. The molecular weight excluding hydrogens is 463 g/mol. The number of aromatic nitrogens is 2. The highest BCUT2D eigenvalue weighted by Gasteiger charge is 2.39. The van der Waals surface area contributed by atoms with Crippen molar-refractivity contribution >= 4 is 16.7 Å². The molecule has 2 aromatic carbocycles. The smallest absolute Gasteiger partial charge is 0.197 e. The fraction of sp³-hybridized carbons (Fsp3) is 0.344. The number of carbonyl (C=O) groups is 1. The maximum absolute atomic E-state index is 14.6. The van der Waals surface area contributed by atoms with Crippen LogP contribution in [0.15, 0.2) is 60.8 Å². The molecule has 37 heavy (non-hydrogen) atoms. The van der Waals surface area contributed by atoms with Gasteiger partial charge in [-0.05, 0) is 60.9 Å². The second-order valence-corrected chi connectivity index (χ2v) is 11.4. The monoisotopic (exact) mass is 494 g/mol. The number of nitrogens with zero attached hydrogens (tertiary/aromatic N) is 2. The Labute approximate surface area is 216 Å². The predicted octanol–water partition coefficient (Wildman–Crippen LogP) is 7.33. The molecule has 2 aliphatic rings. The number of para-hydroxylation sites is 1. The summed E-state index contributed by atoms with van der Waals surface area (Å²) >= 11 is 0. The quantitative estimate of drug-likeness (QED) is 0.302. The molecule has 1 saturated carbocycles. The Morgan fingerprint density at radius 3 is 2.51 bits per heavy atom. The van der Waals surface area contributed by atoms with Gasteiger partial charge in [0, 0.05) is 39.9 Å². The summed E-state index contributed by atoms with van der Waals surface area (Å²) in [6.45, 7) is 4.29. The summed E-state index contributed by atoms with van der Waals surface area (Å²) < 4.78 is 14.0. The van der Waals surface area contributed by atoms with E-state index in [1.807, 2.05) is 30.3 Å². The van der Waals surface area contributed by atoms with Crippen LogP contribution < -0.4 is 0 Å². The maximum atomic E-state index is 14.6. The fourth-order valence-electron chi connectivity index (χ4n) is 6.38. The molecule has 4 aromatic rings. The van der Waals surface area contributed by atoms with Gasteiger partial charge in [-0.1, -0.05) is 57.0 Å². The molecule has 0 bridgehead atoms. The molecule has 1 atom stereocenters. The molecule has 2 heterocycles. The van der Waals surface area contributed by atoms with Gasteiger partial charge in [0.05, 0.1) is 22.9 Å². The zero-order chi connectivity index (χ0) is 25.7. The highest BCUT2D eigenvalue weighted by molar-refractivity contribution is 6.19. The lowest BCUT2D eigenvalue weighted by Gasteiger charge is -2.37. The van der Waals surface area contributed by atoms with E-state index in [1.54, 1.807) is 18.3 Å². The fourth-order valence-corrected chi connectivity index (χ4v) is 6.38. The van der Waals surface area contributed by atoms with E-state index in [1.165, 1.54) is 12.1 Å². The van der Waals surface area contributed by atoms with E-state index in [2.05, 4.69) is 18.8 Å². The number of pyridine rings is 2. The average molecular weight is 495 g/mol. The second kappa shape index (κ2) is 9.14. The highest BCUT2D eigenvalue weighted by atomic mass is 19.1. The van der Waals surface area contributed by atoms with Crippen molar-refractivity contribution in [1.82, 2.24) is 9.97 Å². The van der Waals surface area contributed by atoms with E-state index in [4.69, 9.17) is 4.98 Å². The number of benzene rings is 2. The maximum Gasteiger partial charge on any atom is 0.197 e. The SMILES string of the molecule is CC1(C)Cc2nc(C3CCCC3)c(C(=O)c3cccc4cccnc34)c(-c3ccc(F)cc3)c2C(O)C1. The van der Waals surface area contributed by atoms with Crippen LogP contribution in [0.25, 0.3) is 22.0 Å². The highest BCUT2D eigenvalue weighted by Crippen LogP contribution is 2.48. The molecule has 0 saturated heterocycles. The summed E-state index contributed by atoms with van der Waals surface area (Å²) in [6.07, 6.45) is 6.40. The Morgan fingerprint density at radius 1 is 1.03 bits per heavy atom. The van der Waals surface area contributed by atoms with Crippen LogP contribution in [-0.2, 0) is 6.42 Å². The molecule has 0 spiro atoms. The molecule has 188 valence electrons. The summed E-state index contributed by atoms with van der Waals surface area (Å²) in [5, 5.41) is 12.4.